The second kappa shape index (κ2) is 3.89. The monoisotopic (exact) mass is 186 g/mol. The fraction of sp³-hybridized carbons (Fsp3) is 0.667. The molecule has 1 fully saturated rings. The zero-order valence-corrected chi connectivity index (χ0v) is 7.87. The lowest BCUT2D eigenvalue weighted by atomic mass is 10.3. The Morgan fingerprint density at radius 1 is 1.69 bits per heavy atom. The van der Waals surface area contributed by atoms with Crippen LogP contribution in [0.15, 0.2) is 11.6 Å². The summed E-state index contributed by atoms with van der Waals surface area (Å²) in [6, 6.07) is 0. The van der Waals surface area contributed by atoms with Crippen LogP contribution in [0.4, 0.5) is 0 Å². The summed E-state index contributed by atoms with van der Waals surface area (Å²) in [6.45, 7) is 3.79. The van der Waals surface area contributed by atoms with E-state index in [0.717, 1.165) is 0 Å². The van der Waals surface area contributed by atoms with Crippen molar-refractivity contribution in [3.63, 3.8) is 0 Å². The van der Waals surface area contributed by atoms with Gasteiger partial charge in [0.15, 0.2) is 0 Å². The highest BCUT2D eigenvalue weighted by molar-refractivity contribution is 5.87. The van der Waals surface area contributed by atoms with E-state index in [-0.39, 0.29) is 0 Å². The van der Waals surface area contributed by atoms with E-state index in [9.17, 15) is 9.90 Å². The van der Waals surface area contributed by atoms with Crippen molar-refractivity contribution in [2.75, 3.05) is 6.61 Å². The molecule has 0 aromatic heterocycles. The van der Waals surface area contributed by atoms with Crippen molar-refractivity contribution < 1.29 is 19.4 Å². The van der Waals surface area contributed by atoms with Crippen LogP contribution < -0.4 is 0 Å². The number of carbonyl (C=O) groups excluding carboxylic acids is 1. The second-order valence-electron chi connectivity index (χ2n) is 3.03. The predicted octanol–water partition coefficient (Wildman–Crippen LogP) is 0.952. The quantitative estimate of drug-likeness (QED) is 0.396. The maximum Gasteiger partial charge on any atom is 0.337 e. The van der Waals surface area contributed by atoms with Gasteiger partial charge in [0.25, 0.3) is 0 Å². The molecule has 1 unspecified atom stereocenters. The van der Waals surface area contributed by atoms with Crippen LogP contribution in [0, 0.1) is 0 Å². The van der Waals surface area contributed by atoms with Crippen molar-refractivity contribution >= 4 is 5.97 Å². The number of aliphatic hydroxyl groups is 1. The van der Waals surface area contributed by atoms with E-state index >= 15 is 0 Å². The van der Waals surface area contributed by atoms with E-state index in [2.05, 4.69) is 0 Å². The van der Waals surface area contributed by atoms with Crippen molar-refractivity contribution in [3.05, 3.63) is 11.6 Å². The smallest absolute Gasteiger partial charge is 0.337 e. The molecule has 74 valence electrons. The fourth-order valence-electron chi connectivity index (χ4n) is 1.02. The molecule has 1 atom stereocenters. The lowest BCUT2D eigenvalue weighted by Crippen LogP contribution is -2.34. The molecule has 0 amide bonds. The molecule has 1 heterocycles. The molecule has 0 radical (unpaired) electrons. The van der Waals surface area contributed by atoms with Gasteiger partial charge in [0.1, 0.15) is 0 Å². The normalized spacial score (nSPS) is 29.0. The lowest BCUT2D eigenvalue weighted by Gasteiger charge is -2.20. The molecular formula is C9H14O4. The lowest BCUT2D eigenvalue weighted by molar-refractivity contribution is -0.318. The summed E-state index contributed by atoms with van der Waals surface area (Å²) in [6.07, 6.45) is 2.68. The Labute approximate surface area is 77.1 Å². The van der Waals surface area contributed by atoms with Gasteiger partial charge in [-0.1, -0.05) is 6.08 Å². The molecule has 1 N–H and O–H groups in total. The summed E-state index contributed by atoms with van der Waals surface area (Å²) in [4.78, 5) is 11.2. The summed E-state index contributed by atoms with van der Waals surface area (Å²) in [5.41, 5.74) is 0.462. The van der Waals surface area contributed by atoms with E-state index in [4.69, 9.17) is 9.47 Å². The number of hydrogen-bond acceptors (Lipinski definition) is 4. The Bertz CT molecular complexity index is 226. The van der Waals surface area contributed by atoms with Crippen molar-refractivity contribution in [1.29, 1.82) is 0 Å². The average Bonchev–Trinajstić information content (AvgIpc) is 2.50. The van der Waals surface area contributed by atoms with Crippen LogP contribution in [-0.4, -0.2) is 23.7 Å². The third-order valence-electron chi connectivity index (χ3n) is 1.97. The van der Waals surface area contributed by atoms with Crippen LogP contribution in [0.25, 0.3) is 0 Å². The van der Waals surface area contributed by atoms with Gasteiger partial charge in [0, 0.05) is 12.0 Å². The van der Waals surface area contributed by atoms with Gasteiger partial charge in [0.2, 0.25) is 0 Å². The van der Waals surface area contributed by atoms with E-state index in [1.165, 1.54) is 0 Å². The topological polar surface area (TPSA) is 55.8 Å². The number of hydrogen-bond donors (Lipinski definition) is 1. The van der Waals surface area contributed by atoms with E-state index in [0.29, 0.717) is 25.0 Å². The molecule has 1 rings (SSSR count). The van der Waals surface area contributed by atoms with Crippen molar-refractivity contribution in [1.82, 2.24) is 0 Å². The Kier molecular flexibility index (Phi) is 3.06. The second-order valence-corrected chi connectivity index (χ2v) is 3.03. The van der Waals surface area contributed by atoms with Crippen LogP contribution in [0.5, 0.6) is 0 Å². The Balaban J connectivity index is 2.53. The van der Waals surface area contributed by atoms with Gasteiger partial charge in [0.05, 0.1) is 6.61 Å². The maximum atomic E-state index is 11.2. The van der Waals surface area contributed by atoms with E-state index in [1.807, 2.05) is 0 Å². The summed E-state index contributed by atoms with van der Waals surface area (Å²) < 4.78 is 9.67. The first-order valence-electron chi connectivity index (χ1n) is 4.30. The SMILES string of the molecule is CC=C(C)C(=O)OC1(O)CCCO1. The zero-order chi connectivity index (χ0) is 9.90. The molecule has 1 aliphatic heterocycles. The maximum absolute atomic E-state index is 11.2. The molecule has 4 heteroatoms. The van der Waals surface area contributed by atoms with Gasteiger partial charge in [-0.2, -0.15) is 0 Å². The fourth-order valence-corrected chi connectivity index (χ4v) is 1.02. The van der Waals surface area contributed by atoms with Crippen LogP contribution >= 0.6 is 0 Å². The first kappa shape index (κ1) is 10.2. The number of ether oxygens (including phenoxy) is 2. The van der Waals surface area contributed by atoms with Gasteiger partial charge < -0.3 is 14.6 Å². The minimum atomic E-state index is -1.69. The molecule has 0 aromatic carbocycles. The van der Waals surface area contributed by atoms with E-state index < -0.39 is 11.9 Å². The van der Waals surface area contributed by atoms with E-state index in [1.54, 1.807) is 19.9 Å². The molecule has 1 aliphatic rings. The van der Waals surface area contributed by atoms with Gasteiger partial charge >= 0.3 is 11.9 Å². The Morgan fingerprint density at radius 3 is 2.85 bits per heavy atom. The summed E-state index contributed by atoms with van der Waals surface area (Å²) >= 11 is 0. The first-order valence-corrected chi connectivity index (χ1v) is 4.30. The van der Waals surface area contributed by atoms with Crippen LogP contribution in [0.3, 0.4) is 0 Å². The summed E-state index contributed by atoms with van der Waals surface area (Å²) in [5.74, 6) is -2.23. The number of carbonyl (C=O) groups is 1. The minimum Gasteiger partial charge on any atom is -0.405 e. The van der Waals surface area contributed by atoms with Crippen LogP contribution in [0.2, 0.25) is 0 Å². The van der Waals surface area contributed by atoms with Crippen molar-refractivity contribution in [3.8, 4) is 0 Å². The van der Waals surface area contributed by atoms with Crippen molar-refractivity contribution in [2.45, 2.75) is 32.7 Å². The summed E-state index contributed by atoms with van der Waals surface area (Å²) in [7, 11) is 0. The van der Waals surface area contributed by atoms with Crippen LogP contribution in [-0.2, 0) is 14.3 Å². The van der Waals surface area contributed by atoms with Crippen LogP contribution in [0.1, 0.15) is 26.7 Å². The van der Waals surface area contributed by atoms with Gasteiger partial charge in [-0.05, 0) is 20.3 Å². The highest BCUT2D eigenvalue weighted by Crippen LogP contribution is 2.24. The molecule has 13 heavy (non-hydrogen) atoms. The molecule has 0 aromatic rings. The average molecular weight is 186 g/mol. The number of esters is 1. The highest BCUT2D eigenvalue weighted by Gasteiger charge is 2.37. The molecule has 0 bridgehead atoms. The minimum absolute atomic E-state index is 0.343. The molecule has 1 saturated heterocycles. The summed E-state index contributed by atoms with van der Waals surface area (Å²) in [5, 5.41) is 9.51. The molecule has 0 aliphatic carbocycles. The molecule has 0 spiro atoms. The number of rotatable bonds is 2. The van der Waals surface area contributed by atoms with Gasteiger partial charge in [-0.25, -0.2) is 4.79 Å². The van der Waals surface area contributed by atoms with Gasteiger partial charge in [-0.15, -0.1) is 0 Å². The highest BCUT2D eigenvalue weighted by atomic mass is 16.8. The van der Waals surface area contributed by atoms with Gasteiger partial charge in [-0.3, -0.25) is 0 Å². The number of allylic oxidation sites excluding steroid dienone is 1. The Hall–Kier alpha value is -0.870. The first-order chi connectivity index (χ1) is 6.07. The largest absolute Gasteiger partial charge is 0.405 e. The Morgan fingerprint density at radius 2 is 2.38 bits per heavy atom. The molecule has 4 nitrogen and oxygen atoms in total. The molecule has 0 saturated carbocycles. The zero-order valence-electron chi connectivity index (χ0n) is 7.87. The van der Waals surface area contributed by atoms with Crippen molar-refractivity contribution in [2.24, 2.45) is 0 Å². The third-order valence-corrected chi connectivity index (χ3v) is 1.97. The standard InChI is InChI=1S/C9H14O4/c1-3-7(2)8(10)13-9(11)5-4-6-12-9/h3,11H,4-6H2,1-2H3. The third kappa shape index (κ3) is 2.54. The molecular weight excluding hydrogens is 172 g/mol. The predicted molar refractivity (Wildman–Crippen MR) is 45.7 cm³/mol.